The van der Waals surface area contributed by atoms with Gasteiger partial charge in [0, 0.05) is 28.8 Å². The fourth-order valence-corrected chi connectivity index (χ4v) is 1.68. The molecule has 1 rings (SSSR count). The van der Waals surface area contributed by atoms with Gasteiger partial charge in [0.05, 0.1) is 7.11 Å². The zero-order chi connectivity index (χ0) is 11.8. The summed E-state index contributed by atoms with van der Waals surface area (Å²) in [6.45, 7) is 0.359. The predicted molar refractivity (Wildman–Crippen MR) is 61.2 cm³/mol. The van der Waals surface area contributed by atoms with Crippen molar-refractivity contribution in [1.29, 1.82) is 0 Å². The lowest BCUT2D eigenvalue weighted by atomic mass is 10.3. The zero-order valence-corrected chi connectivity index (χ0v) is 9.45. The minimum absolute atomic E-state index is 0.355. The van der Waals surface area contributed by atoms with Gasteiger partial charge in [-0.05, 0) is 11.6 Å². The highest BCUT2D eigenvalue weighted by atomic mass is 32.1. The lowest BCUT2D eigenvalue weighted by molar-refractivity contribution is 0.0606. The quantitative estimate of drug-likeness (QED) is 0.202. The van der Waals surface area contributed by atoms with Crippen LogP contribution in [0.3, 0.4) is 0 Å². The molecule has 0 aliphatic rings. The Labute approximate surface area is 96.7 Å². The summed E-state index contributed by atoms with van der Waals surface area (Å²) in [5, 5.41) is 5.14. The third-order valence-electron chi connectivity index (χ3n) is 1.62. The number of ether oxygens (including phenoxy) is 1. The zero-order valence-electron chi connectivity index (χ0n) is 8.64. The van der Waals surface area contributed by atoms with Crippen LogP contribution in [0.15, 0.2) is 16.6 Å². The molecule has 0 saturated heterocycles. The SMILES string of the molecule is COC(=O)c1cc(C#CCCN=[N+]=[N-])cs1. The number of hydrogen-bond acceptors (Lipinski definition) is 4. The average Bonchev–Trinajstić information content (AvgIpc) is 2.76. The maximum absolute atomic E-state index is 11.1. The predicted octanol–water partition coefficient (Wildman–Crippen LogP) is 2.59. The number of rotatable bonds is 3. The molecular weight excluding hydrogens is 226 g/mol. The van der Waals surface area contributed by atoms with Crippen LogP contribution in [0, 0.1) is 11.8 Å². The monoisotopic (exact) mass is 235 g/mol. The van der Waals surface area contributed by atoms with Gasteiger partial charge < -0.3 is 4.74 Å². The fraction of sp³-hybridized carbons (Fsp3) is 0.300. The smallest absolute Gasteiger partial charge is 0.348 e. The molecule has 1 aromatic rings. The van der Waals surface area contributed by atoms with Crippen molar-refractivity contribution in [3.8, 4) is 11.8 Å². The number of esters is 1. The maximum atomic E-state index is 11.1. The minimum Gasteiger partial charge on any atom is -0.465 e. The minimum atomic E-state index is -0.355. The van der Waals surface area contributed by atoms with Crippen LogP contribution in [0.4, 0.5) is 0 Å². The average molecular weight is 235 g/mol. The first-order chi connectivity index (χ1) is 7.77. The number of azide groups is 1. The van der Waals surface area contributed by atoms with Crippen molar-refractivity contribution in [3.63, 3.8) is 0 Å². The molecule has 0 saturated carbocycles. The largest absolute Gasteiger partial charge is 0.465 e. The number of nitrogens with zero attached hydrogens (tertiary/aromatic N) is 3. The molecule has 0 amide bonds. The first-order valence-corrected chi connectivity index (χ1v) is 5.32. The second kappa shape index (κ2) is 6.51. The molecule has 0 N–H and O–H groups in total. The van der Waals surface area contributed by atoms with Gasteiger partial charge in [-0.15, -0.1) is 11.3 Å². The summed E-state index contributed by atoms with van der Waals surface area (Å²) in [6, 6.07) is 1.68. The van der Waals surface area contributed by atoms with E-state index in [1.165, 1.54) is 18.4 Å². The fourth-order valence-electron chi connectivity index (χ4n) is 0.925. The van der Waals surface area contributed by atoms with Crippen LogP contribution in [0.5, 0.6) is 0 Å². The van der Waals surface area contributed by atoms with Crippen LogP contribution in [-0.4, -0.2) is 19.6 Å². The van der Waals surface area contributed by atoms with E-state index in [1.54, 1.807) is 11.4 Å². The normalized spacial score (nSPS) is 8.56. The highest BCUT2D eigenvalue weighted by Crippen LogP contribution is 2.14. The van der Waals surface area contributed by atoms with Gasteiger partial charge in [0.1, 0.15) is 4.88 Å². The molecule has 0 aliphatic carbocycles. The first kappa shape index (κ1) is 12.1. The Morgan fingerprint density at radius 1 is 1.75 bits per heavy atom. The van der Waals surface area contributed by atoms with E-state index in [2.05, 4.69) is 26.6 Å². The lowest BCUT2D eigenvalue weighted by Gasteiger charge is -1.90. The second-order valence-corrected chi connectivity index (χ2v) is 3.61. The number of methoxy groups -OCH3 is 1. The summed E-state index contributed by atoms with van der Waals surface area (Å²) in [5.41, 5.74) is 8.80. The van der Waals surface area contributed by atoms with E-state index in [9.17, 15) is 4.79 Å². The molecule has 0 spiro atoms. The molecule has 0 bridgehead atoms. The molecule has 0 atom stereocenters. The maximum Gasteiger partial charge on any atom is 0.348 e. The number of hydrogen-bond donors (Lipinski definition) is 0. The van der Waals surface area contributed by atoms with E-state index in [0.29, 0.717) is 17.8 Å². The van der Waals surface area contributed by atoms with Crippen LogP contribution in [0.2, 0.25) is 0 Å². The van der Waals surface area contributed by atoms with Gasteiger partial charge in [-0.1, -0.05) is 17.0 Å². The van der Waals surface area contributed by atoms with Crippen molar-refractivity contribution in [2.45, 2.75) is 6.42 Å². The van der Waals surface area contributed by atoms with E-state index in [0.717, 1.165) is 5.56 Å². The summed E-state index contributed by atoms with van der Waals surface area (Å²) >= 11 is 1.29. The first-order valence-electron chi connectivity index (χ1n) is 4.44. The summed E-state index contributed by atoms with van der Waals surface area (Å²) in [7, 11) is 1.34. The Bertz CT molecular complexity index is 478. The Balaban J connectivity index is 2.57. The van der Waals surface area contributed by atoms with Gasteiger partial charge in [-0.3, -0.25) is 0 Å². The Morgan fingerprint density at radius 2 is 2.56 bits per heavy atom. The van der Waals surface area contributed by atoms with Gasteiger partial charge in [-0.2, -0.15) is 0 Å². The van der Waals surface area contributed by atoms with Crippen LogP contribution >= 0.6 is 11.3 Å². The van der Waals surface area contributed by atoms with Crippen molar-refractivity contribution < 1.29 is 9.53 Å². The highest BCUT2D eigenvalue weighted by molar-refractivity contribution is 7.12. The van der Waals surface area contributed by atoms with Gasteiger partial charge >= 0.3 is 5.97 Å². The Morgan fingerprint density at radius 3 is 3.25 bits per heavy atom. The lowest BCUT2D eigenvalue weighted by Crippen LogP contribution is -1.96. The summed E-state index contributed by atoms with van der Waals surface area (Å²) in [5.74, 6) is 5.36. The second-order valence-electron chi connectivity index (χ2n) is 2.70. The van der Waals surface area contributed by atoms with E-state index in [-0.39, 0.29) is 5.97 Å². The molecule has 0 radical (unpaired) electrons. The number of thiophene rings is 1. The number of carbonyl (C=O) groups is 1. The third-order valence-corrected chi connectivity index (χ3v) is 2.53. The van der Waals surface area contributed by atoms with Crippen molar-refractivity contribution >= 4 is 17.3 Å². The van der Waals surface area contributed by atoms with Crippen molar-refractivity contribution in [1.82, 2.24) is 0 Å². The van der Waals surface area contributed by atoms with Crippen LogP contribution in [-0.2, 0) is 4.74 Å². The van der Waals surface area contributed by atoms with E-state index in [1.807, 2.05) is 0 Å². The topological polar surface area (TPSA) is 75.1 Å². The van der Waals surface area contributed by atoms with Crippen molar-refractivity contribution in [3.05, 3.63) is 32.3 Å². The molecule has 6 heteroatoms. The Hall–Kier alpha value is -1.96. The molecular formula is C10H9N3O2S. The van der Waals surface area contributed by atoms with Crippen LogP contribution in [0.1, 0.15) is 21.7 Å². The van der Waals surface area contributed by atoms with Gasteiger partial charge in [0.15, 0.2) is 0 Å². The van der Waals surface area contributed by atoms with Crippen molar-refractivity contribution in [2.75, 3.05) is 13.7 Å². The third kappa shape index (κ3) is 3.65. The molecule has 16 heavy (non-hydrogen) atoms. The van der Waals surface area contributed by atoms with Gasteiger partial charge in [0.25, 0.3) is 0 Å². The highest BCUT2D eigenvalue weighted by Gasteiger charge is 2.07. The summed E-state index contributed by atoms with van der Waals surface area (Å²) in [4.78, 5) is 14.3. The molecule has 0 fully saturated rings. The summed E-state index contributed by atoms with van der Waals surface area (Å²) in [6.07, 6.45) is 0.507. The molecule has 0 aromatic carbocycles. The van der Waals surface area contributed by atoms with E-state index >= 15 is 0 Å². The molecule has 0 unspecified atom stereocenters. The van der Waals surface area contributed by atoms with Gasteiger partial charge in [0.2, 0.25) is 0 Å². The van der Waals surface area contributed by atoms with Crippen molar-refractivity contribution in [2.24, 2.45) is 5.11 Å². The molecule has 5 nitrogen and oxygen atoms in total. The van der Waals surface area contributed by atoms with E-state index in [4.69, 9.17) is 5.53 Å². The summed E-state index contributed by atoms with van der Waals surface area (Å²) < 4.78 is 4.58. The molecule has 1 heterocycles. The Kier molecular flexibility index (Phi) is 4.93. The number of carbonyl (C=O) groups excluding carboxylic acids is 1. The van der Waals surface area contributed by atoms with Crippen LogP contribution in [0.25, 0.3) is 10.4 Å². The molecule has 82 valence electrons. The van der Waals surface area contributed by atoms with E-state index < -0.39 is 0 Å². The van der Waals surface area contributed by atoms with Gasteiger partial charge in [-0.25, -0.2) is 4.79 Å². The molecule has 1 aromatic heterocycles. The standard InChI is InChI=1S/C10H9N3O2S/c1-15-10(14)9-6-8(7-16-9)4-2-3-5-12-13-11/h6-7H,3,5H2,1H3. The molecule has 0 aliphatic heterocycles. The van der Waals surface area contributed by atoms with Crippen LogP contribution < -0.4 is 0 Å².